The van der Waals surface area contributed by atoms with Crippen LogP contribution in [0.5, 0.6) is 0 Å². The third-order valence-electron chi connectivity index (χ3n) is 3.39. The van der Waals surface area contributed by atoms with Crippen molar-refractivity contribution < 1.29 is 13.9 Å². The van der Waals surface area contributed by atoms with E-state index in [4.69, 9.17) is 0 Å². The summed E-state index contributed by atoms with van der Waals surface area (Å²) in [5.41, 5.74) is 0.230. The third kappa shape index (κ3) is 2.73. The van der Waals surface area contributed by atoms with Gasteiger partial charge in [0.15, 0.2) is 0 Å². The molecule has 1 N–H and O–H groups in total. The van der Waals surface area contributed by atoms with E-state index in [1.165, 1.54) is 47.3 Å². The van der Waals surface area contributed by atoms with E-state index in [9.17, 15) is 18.7 Å². The summed E-state index contributed by atoms with van der Waals surface area (Å²) in [6, 6.07) is 9.24. The molecule has 0 spiro atoms. The Kier molecular flexibility index (Phi) is 3.68. The molecule has 0 bridgehead atoms. The van der Waals surface area contributed by atoms with Gasteiger partial charge < -0.3 is 5.11 Å². The third-order valence-corrected chi connectivity index (χ3v) is 3.39. The van der Waals surface area contributed by atoms with Gasteiger partial charge in [-0.05, 0) is 29.8 Å². The second kappa shape index (κ2) is 5.65. The summed E-state index contributed by atoms with van der Waals surface area (Å²) in [5.74, 6) is -0.937. The molecule has 3 rings (SSSR count). The second-order valence-electron chi connectivity index (χ2n) is 4.93. The molecule has 0 radical (unpaired) electrons. The Hall–Kier alpha value is -2.60. The fourth-order valence-corrected chi connectivity index (χ4v) is 2.27. The zero-order valence-corrected chi connectivity index (χ0v) is 11.4. The Morgan fingerprint density at radius 3 is 2.68 bits per heavy atom. The van der Waals surface area contributed by atoms with Gasteiger partial charge in [-0.3, -0.25) is 9.36 Å². The van der Waals surface area contributed by atoms with Crippen molar-refractivity contribution in [2.24, 2.45) is 0 Å². The fourth-order valence-electron chi connectivity index (χ4n) is 2.27. The van der Waals surface area contributed by atoms with Gasteiger partial charge in [-0.25, -0.2) is 13.8 Å². The monoisotopic (exact) mass is 302 g/mol. The molecule has 1 unspecified atom stereocenters. The number of hydrogen-bond acceptors (Lipinski definition) is 3. The number of nitrogens with zero attached hydrogens (tertiary/aromatic N) is 2. The molecule has 1 aromatic heterocycles. The van der Waals surface area contributed by atoms with Crippen LogP contribution in [-0.2, 0) is 6.54 Å². The van der Waals surface area contributed by atoms with Crippen LogP contribution in [0.4, 0.5) is 8.78 Å². The molecule has 22 heavy (non-hydrogen) atoms. The van der Waals surface area contributed by atoms with Crippen LogP contribution in [0.15, 0.2) is 53.6 Å². The molecule has 0 saturated heterocycles. The van der Waals surface area contributed by atoms with Crippen molar-refractivity contribution in [1.29, 1.82) is 0 Å². The van der Waals surface area contributed by atoms with Crippen molar-refractivity contribution in [3.8, 4) is 0 Å². The molecular formula is C16H12F2N2O2. The SMILES string of the molecule is O=c1c2ccc(F)cc2ncn1CC(O)c1cccc(F)c1. The van der Waals surface area contributed by atoms with Gasteiger partial charge in [0.25, 0.3) is 5.56 Å². The summed E-state index contributed by atoms with van der Waals surface area (Å²) in [7, 11) is 0. The summed E-state index contributed by atoms with van der Waals surface area (Å²) >= 11 is 0. The normalized spacial score (nSPS) is 12.5. The molecule has 0 fully saturated rings. The van der Waals surface area contributed by atoms with Crippen molar-refractivity contribution in [2.45, 2.75) is 12.6 Å². The zero-order chi connectivity index (χ0) is 15.7. The average Bonchev–Trinajstić information content (AvgIpc) is 2.50. The van der Waals surface area contributed by atoms with Gasteiger partial charge in [0, 0.05) is 6.07 Å². The predicted octanol–water partition coefficient (Wildman–Crippen LogP) is 2.41. The number of aliphatic hydroxyl groups excluding tert-OH is 1. The van der Waals surface area contributed by atoms with Gasteiger partial charge in [0.05, 0.1) is 29.9 Å². The average molecular weight is 302 g/mol. The zero-order valence-electron chi connectivity index (χ0n) is 11.4. The molecule has 0 aliphatic rings. The molecule has 1 heterocycles. The molecular weight excluding hydrogens is 290 g/mol. The van der Waals surface area contributed by atoms with Crippen molar-refractivity contribution >= 4 is 10.9 Å². The molecule has 0 aliphatic carbocycles. The second-order valence-corrected chi connectivity index (χ2v) is 4.93. The van der Waals surface area contributed by atoms with E-state index in [1.54, 1.807) is 6.07 Å². The minimum atomic E-state index is -1.05. The lowest BCUT2D eigenvalue weighted by molar-refractivity contribution is 0.154. The van der Waals surface area contributed by atoms with Crippen molar-refractivity contribution in [3.05, 3.63) is 76.3 Å². The summed E-state index contributed by atoms with van der Waals surface area (Å²) in [6.45, 7) is -0.0669. The molecule has 2 aromatic carbocycles. The first-order valence-electron chi connectivity index (χ1n) is 6.63. The molecule has 112 valence electrons. The van der Waals surface area contributed by atoms with E-state index in [2.05, 4.69) is 4.98 Å². The Morgan fingerprint density at radius 1 is 1.14 bits per heavy atom. The summed E-state index contributed by atoms with van der Waals surface area (Å²) in [5, 5.41) is 10.4. The van der Waals surface area contributed by atoms with Crippen LogP contribution in [0.25, 0.3) is 10.9 Å². The number of halogens is 2. The maximum atomic E-state index is 13.2. The van der Waals surface area contributed by atoms with Gasteiger partial charge in [0.1, 0.15) is 11.6 Å². The quantitative estimate of drug-likeness (QED) is 0.808. The number of aliphatic hydroxyl groups is 1. The Bertz CT molecular complexity index is 893. The predicted molar refractivity (Wildman–Crippen MR) is 77.3 cm³/mol. The highest BCUT2D eigenvalue weighted by molar-refractivity contribution is 5.77. The van der Waals surface area contributed by atoms with Crippen molar-refractivity contribution in [3.63, 3.8) is 0 Å². The molecule has 0 aliphatic heterocycles. The minimum absolute atomic E-state index is 0.0669. The number of aromatic nitrogens is 2. The van der Waals surface area contributed by atoms with Crippen molar-refractivity contribution in [2.75, 3.05) is 0 Å². The van der Waals surface area contributed by atoms with Crippen LogP contribution in [0.3, 0.4) is 0 Å². The largest absolute Gasteiger partial charge is 0.387 e. The first-order chi connectivity index (χ1) is 10.5. The van der Waals surface area contributed by atoms with Crippen LogP contribution in [0.1, 0.15) is 11.7 Å². The van der Waals surface area contributed by atoms with Gasteiger partial charge in [-0.1, -0.05) is 12.1 Å². The fraction of sp³-hybridized carbons (Fsp3) is 0.125. The smallest absolute Gasteiger partial charge is 0.261 e. The lowest BCUT2D eigenvalue weighted by Crippen LogP contribution is -2.23. The number of hydrogen-bond donors (Lipinski definition) is 1. The van der Waals surface area contributed by atoms with E-state index in [1.807, 2.05) is 0 Å². The molecule has 6 heteroatoms. The highest BCUT2D eigenvalue weighted by atomic mass is 19.1. The summed E-state index contributed by atoms with van der Waals surface area (Å²) in [6.07, 6.45) is 0.195. The van der Waals surface area contributed by atoms with Crippen LogP contribution in [-0.4, -0.2) is 14.7 Å². The van der Waals surface area contributed by atoms with Gasteiger partial charge >= 0.3 is 0 Å². The highest BCUT2D eigenvalue weighted by Crippen LogP contribution is 2.16. The van der Waals surface area contributed by atoms with Crippen LogP contribution in [0.2, 0.25) is 0 Å². The first kappa shape index (κ1) is 14.3. The number of rotatable bonds is 3. The minimum Gasteiger partial charge on any atom is -0.387 e. The maximum absolute atomic E-state index is 13.2. The topological polar surface area (TPSA) is 55.1 Å². The molecule has 3 aromatic rings. The Labute approximate surface area is 124 Å². The standard InChI is InChI=1S/C16H12F2N2O2/c17-11-3-1-2-10(6-11)15(21)8-20-9-19-14-7-12(18)4-5-13(14)16(20)22/h1-7,9,15,21H,8H2. The van der Waals surface area contributed by atoms with E-state index >= 15 is 0 Å². The van der Waals surface area contributed by atoms with Gasteiger partial charge in [0.2, 0.25) is 0 Å². The summed E-state index contributed by atoms with van der Waals surface area (Å²) < 4.78 is 27.5. The van der Waals surface area contributed by atoms with Crippen LogP contribution in [0, 0.1) is 11.6 Å². The van der Waals surface area contributed by atoms with Crippen LogP contribution >= 0.6 is 0 Å². The van der Waals surface area contributed by atoms with Crippen LogP contribution < -0.4 is 5.56 Å². The number of benzene rings is 2. The lowest BCUT2D eigenvalue weighted by atomic mass is 10.1. The maximum Gasteiger partial charge on any atom is 0.261 e. The molecule has 0 amide bonds. The molecule has 4 nitrogen and oxygen atoms in total. The summed E-state index contributed by atoms with van der Waals surface area (Å²) in [4.78, 5) is 16.3. The molecule has 0 saturated carbocycles. The van der Waals surface area contributed by atoms with Crippen molar-refractivity contribution in [1.82, 2.24) is 9.55 Å². The van der Waals surface area contributed by atoms with E-state index in [0.717, 1.165) is 0 Å². The number of fused-ring (bicyclic) bond motifs is 1. The van der Waals surface area contributed by atoms with Gasteiger partial charge in [-0.2, -0.15) is 0 Å². The van der Waals surface area contributed by atoms with Gasteiger partial charge in [-0.15, -0.1) is 0 Å². The first-order valence-corrected chi connectivity index (χ1v) is 6.63. The lowest BCUT2D eigenvalue weighted by Gasteiger charge is -2.13. The Balaban J connectivity index is 1.95. The highest BCUT2D eigenvalue weighted by Gasteiger charge is 2.12. The Morgan fingerprint density at radius 2 is 1.91 bits per heavy atom. The molecule has 1 atom stereocenters. The van der Waals surface area contributed by atoms with E-state index in [0.29, 0.717) is 5.56 Å². The van der Waals surface area contributed by atoms with E-state index < -0.39 is 17.7 Å². The van der Waals surface area contributed by atoms with E-state index in [-0.39, 0.29) is 23.0 Å².